The molecule has 2 aromatic rings. The smallest absolute Gasteiger partial charge is 0.237 e. The van der Waals surface area contributed by atoms with Crippen LogP contribution in [0.15, 0.2) is 42.7 Å². The van der Waals surface area contributed by atoms with Crippen LogP contribution in [0, 0.1) is 6.92 Å². The van der Waals surface area contributed by atoms with Gasteiger partial charge in [0.25, 0.3) is 0 Å². The monoisotopic (exact) mass is 281 g/mol. The van der Waals surface area contributed by atoms with E-state index in [9.17, 15) is 4.79 Å². The number of aromatic nitrogens is 1. The van der Waals surface area contributed by atoms with E-state index in [0.29, 0.717) is 6.54 Å². The number of carbonyl (C=O) groups excluding carboxylic acids is 1. The predicted molar refractivity (Wildman–Crippen MR) is 81.6 cm³/mol. The van der Waals surface area contributed by atoms with Gasteiger partial charge in [-0.15, -0.1) is 0 Å². The van der Waals surface area contributed by atoms with Gasteiger partial charge in [-0.05, 0) is 41.7 Å². The Morgan fingerprint density at radius 1 is 1.33 bits per heavy atom. The minimum absolute atomic E-state index is 0.0562. The molecular weight excluding hydrogens is 262 g/mol. The summed E-state index contributed by atoms with van der Waals surface area (Å²) in [6.07, 6.45) is 4.32. The fraction of sp³-hybridized carbons (Fsp3) is 0.294. The van der Waals surface area contributed by atoms with Crippen molar-refractivity contribution in [2.45, 2.75) is 32.5 Å². The van der Waals surface area contributed by atoms with E-state index in [0.717, 1.165) is 24.1 Å². The van der Waals surface area contributed by atoms with Crippen molar-refractivity contribution in [1.82, 2.24) is 15.6 Å². The zero-order chi connectivity index (χ0) is 14.7. The molecule has 0 spiro atoms. The number of hydrogen-bond acceptors (Lipinski definition) is 3. The van der Waals surface area contributed by atoms with Crippen LogP contribution in [-0.2, 0) is 24.3 Å². The lowest BCUT2D eigenvalue weighted by Crippen LogP contribution is -2.47. The van der Waals surface area contributed by atoms with Crippen molar-refractivity contribution >= 4 is 5.91 Å². The van der Waals surface area contributed by atoms with E-state index in [4.69, 9.17) is 0 Å². The summed E-state index contributed by atoms with van der Waals surface area (Å²) in [5.41, 5.74) is 4.75. The number of fused-ring (bicyclic) bond motifs is 1. The second-order valence-corrected chi connectivity index (χ2v) is 5.43. The van der Waals surface area contributed by atoms with Crippen LogP contribution in [0.2, 0.25) is 0 Å². The van der Waals surface area contributed by atoms with Gasteiger partial charge in [0.2, 0.25) is 5.91 Å². The Morgan fingerprint density at radius 3 is 2.95 bits per heavy atom. The van der Waals surface area contributed by atoms with Crippen LogP contribution in [0.4, 0.5) is 0 Å². The van der Waals surface area contributed by atoms with Gasteiger partial charge in [-0.1, -0.05) is 24.3 Å². The summed E-state index contributed by atoms with van der Waals surface area (Å²) in [5.74, 6) is 0.0562. The fourth-order valence-corrected chi connectivity index (χ4v) is 2.65. The molecule has 0 aliphatic carbocycles. The number of nitrogens with zero attached hydrogens (tertiary/aromatic N) is 1. The third kappa shape index (κ3) is 3.11. The van der Waals surface area contributed by atoms with E-state index in [-0.39, 0.29) is 11.9 Å². The summed E-state index contributed by atoms with van der Waals surface area (Å²) in [5, 5.41) is 6.31. The molecule has 4 heteroatoms. The fourth-order valence-electron chi connectivity index (χ4n) is 2.65. The van der Waals surface area contributed by atoms with Gasteiger partial charge in [-0.2, -0.15) is 0 Å². The molecule has 0 radical (unpaired) electrons. The maximum Gasteiger partial charge on any atom is 0.237 e. The number of rotatable bonds is 3. The average molecular weight is 281 g/mol. The van der Waals surface area contributed by atoms with E-state index in [1.807, 2.05) is 31.3 Å². The minimum Gasteiger partial charge on any atom is -0.351 e. The molecule has 1 aliphatic heterocycles. The SMILES string of the molecule is Cc1cnccc1CNC(=O)[C@H]1Cc2ccccc2CN1. The van der Waals surface area contributed by atoms with Crippen LogP contribution in [0.25, 0.3) is 0 Å². The maximum absolute atomic E-state index is 12.3. The third-order valence-corrected chi connectivity index (χ3v) is 3.99. The Kier molecular flexibility index (Phi) is 3.97. The number of nitrogens with one attached hydrogen (secondary N) is 2. The van der Waals surface area contributed by atoms with Crippen LogP contribution in [0.1, 0.15) is 22.3 Å². The molecule has 1 amide bonds. The second kappa shape index (κ2) is 6.06. The van der Waals surface area contributed by atoms with E-state index >= 15 is 0 Å². The van der Waals surface area contributed by atoms with Crippen molar-refractivity contribution in [1.29, 1.82) is 0 Å². The first kappa shape index (κ1) is 13.8. The number of carbonyl (C=O) groups is 1. The highest BCUT2D eigenvalue weighted by Crippen LogP contribution is 2.16. The third-order valence-electron chi connectivity index (χ3n) is 3.99. The Morgan fingerprint density at radius 2 is 2.14 bits per heavy atom. The highest BCUT2D eigenvalue weighted by atomic mass is 16.2. The van der Waals surface area contributed by atoms with Crippen molar-refractivity contribution in [3.05, 3.63) is 65.0 Å². The number of aryl methyl sites for hydroxylation is 1. The van der Waals surface area contributed by atoms with Crippen LogP contribution >= 0.6 is 0 Å². The van der Waals surface area contributed by atoms with Crippen molar-refractivity contribution < 1.29 is 4.79 Å². The summed E-state index contributed by atoms with van der Waals surface area (Å²) in [6.45, 7) is 3.30. The highest BCUT2D eigenvalue weighted by molar-refractivity contribution is 5.82. The van der Waals surface area contributed by atoms with Gasteiger partial charge in [0.05, 0.1) is 6.04 Å². The number of benzene rings is 1. The van der Waals surface area contributed by atoms with Crippen molar-refractivity contribution in [3.63, 3.8) is 0 Å². The van der Waals surface area contributed by atoms with Crippen molar-refractivity contribution in [2.75, 3.05) is 0 Å². The molecule has 2 N–H and O–H groups in total. The molecule has 21 heavy (non-hydrogen) atoms. The van der Waals surface area contributed by atoms with E-state index < -0.39 is 0 Å². The summed E-state index contributed by atoms with van der Waals surface area (Å²) in [6, 6.07) is 10.1. The lowest BCUT2D eigenvalue weighted by Gasteiger charge is -2.25. The van der Waals surface area contributed by atoms with Gasteiger partial charge in [0, 0.05) is 25.5 Å². The minimum atomic E-state index is -0.151. The van der Waals surface area contributed by atoms with Gasteiger partial charge in [0.15, 0.2) is 0 Å². The molecular formula is C17H19N3O. The summed E-state index contributed by atoms with van der Waals surface area (Å²) < 4.78 is 0. The lowest BCUT2D eigenvalue weighted by atomic mass is 9.95. The largest absolute Gasteiger partial charge is 0.351 e. The molecule has 1 aromatic heterocycles. The van der Waals surface area contributed by atoms with Gasteiger partial charge >= 0.3 is 0 Å². The van der Waals surface area contributed by atoms with E-state index in [2.05, 4.69) is 27.8 Å². The van der Waals surface area contributed by atoms with E-state index in [1.54, 1.807) is 6.20 Å². The zero-order valence-electron chi connectivity index (χ0n) is 12.1. The van der Waals surface area contributed by atoms with Crippen LogP contribution in [0.3, 0.4) is 0 Å². The molecule has 0 fully saturated rings. The molecule has 3 rings (SSSR count). The number of hydrogen-bond donors (Lipinski definition) is 2. The first-order valence-electron chi connectivity index (χ1n) is 7.21. The van der Waals surface area contributed by atoms with Gasteiger partial charge in [0.1, 0.15) is 0 Å². The number of pyridine rings is 1. The molecule has 108 valence electrons. The predicted octanol–water partition coefficient (Wildman–Crippen LogP) is 1.72. The zero-order valence-corrected chi connectivity index (χ0v) is 12.1. The maximum atomic E-state index is 12.3. The van der Waals surface area contributed by atoms with E-state index in [1.165, 1.54) is 11.1 Å². The van der Waals surface area contributed by atoms with Crippen LogP contribution in [0.5, 0.6) is 0 Å². The summed E-state index contributed by atoms with van der Waals surface area (Å²) in [4.78, 5) is 16.4. The first-order chi connectivity index (χ1) is 10.2. The van der Waals surface area contributed by atoms with Gasteiger partial charge < -0.3 is 10.6 Å². The molecule has 0 bridgehead atoms. The van der Waals surface area contributed by atoms with Gasteiger partial charge in [-0.3, -0.25) is 9.78 Å². The molecule has 2 heterocycles. The number of amides is 1. The van der Waals surface area contributed by atoms with Crippen LogP contribution < -0.4 is 10.6 Å². The molecule has 1 aliphatic rings. The normalized spacial score (nSPS) is 17.1. The standard InChI is InChI=1S/C17H19N3O/c1-12-9-18-7-6-14(12)10-20-17(21)16-8-13-4-2-3-5-15(13)11-19-16/h2-7,9,16,19H,8,10-11H2,1H3,(H,20,21)/t16-/m1/s1. The Labute approximate surface area is 124 Å². The summed E-state index contributed by atoms with van der Waals surface area (Å²) >= 11 is 0. The van der Waals surface area contributed by atoms with Gasteiger partial charge in [-0.25, -0.2) is 0 Å². The second-order valence-electron chi connectivity index (χ2n) is 5.43. The van der Waals surface area contributed by atoms with Crippen molar-refractivity contribution in [3.8, 4) is 0 Å². The lowest BCUT2D eigenvalue weighted by molar-refractivity contribution is -0.123. The van der Waals surface area contributed by atoms with Crippen LogP contribution in [-0.4, -0.2) is 16.9 Å². The molecule has 0 unspecified atom stereocenters. The first-order valence-corrected chi connectivity index (χ1v) is 7.21. The molecule has 0 saturated heterocycles. The molecule has 1 aromatic carbocycles. The molecule has 4 nitrogen and oxygen atoms in total. The quantitative estimate of drug-likeness (QED) is 0.900. The highest BCUT2D eigenvalue weighted by Gasteiger charge is 2.23. The summed E-state index contributed by atoms with van der Waals surface area (Å²) in [7, 11) is 0. The Bertz CT molecular complexity index is 654. The average Bonchev–Trinajstić information content (AvgIpc) is 2.53. The van der Waals surface area contributed by atoms with Crippen molar-refractivity contribution in [2.24, 2.45) is 0 Å². The molecule has 0 saturated carbocycles. The Hall–Kier alpha value is -2.20. The Balaban J connectivity index is 1.61. The molecule has 1 atom stereocenters. The topological polar surface area (TPSA) is 54.0 Å².